The molecule has 0 aromatic heterocycles. The van der Waals surface area contributed by atoms with E-state index in [1.807, 2.05) is 6.07 Å². The molecule has 1 aliphatic heterocycles. The Morgan fingerprint density at radius 3 is 2.16 bits per heavy atom. The van der Waals surface area contributed by atoms with Crippen molar-refractivity contribution in [3.63, 3.8) is 0 Å². The molecule has 2 amide bonds. The monoisotopic (exact) mass is 263 g/mol. The van der Waals surface area contributed by atoms with Crippen LogP contribution in [-0.4, -0.2) is 23.0 Å². The molecular formula is C13H13NO5. The zero-order valence-electron chi connectivity index (χ0n) is 10.6. The highest BCUT2D eigenvalue weighted by Crippen LogP contribution is 2.23. The van der Waals surface area contributed by atoms with Crippen molar-refractivity contribution in [1.82, 2.24) is 5.06 Å². The lowest BCUT2D eigenvalue weighted by atomic mass is 10.1. The molecule has 0 spiro atoms. The van der Waals surface area contributed by atoms with Gasteiger partial charge in [0.25, 0.3) is 11.8 Å². The Labute approximate surface area is 109 Å². The highest BCUT2D eigenvalue weighted by molar-refractivity contribution is 6.01. The van der Waals surface area contributed by atoms with Crippen LogP contribution in [0.3, 0.4) is 0 Å². The molecule has 0 N–H and O–H groups in total. The lowest BCUT2D eigenvalue weighted by Gasteiger charge is -2.14. The number of imide groups is 1. The van der Waals surface area contributed by atoms with Gasteiger partial charge in [0.1, 0.15) is 5.75 Å². The van der Waals surface area contributed by atoms with Crippen LogP contribution in [0.1, 0.15) is 24.0 Å². The van der Waals surface area contributed by atoms with E-state index in [4.69, 9.17) is 4.74 Å². The lowest BCUT2D eigenvalue weighted by molar-refractivity contribution is -0.174. The van der Waals surface area contributed by atoms with E-state index in [1.54, 1.807) is 26.0 Å². The number of amides is 2. The van der Waals surface area contributed by atoms with E-state index in [2.05, 4.69) is 4.84 Å². The first-order chi connectivity index (χ1) is 8.99. The van der Waals surface area contributed by atoms with Gasteiger partial charge in [-0.1, -0.05) is 23.3 Å². The predicted octanol–water partition coefficient (Wildman–Crippen LogP) is 1.88. The first-order valence-corrected chi connectivity index (χ1v) is 5.81. The van der Waals surface area contributed by atoms with Crippen molar-refractivity contribution in [2.75, 3.05) is 0 Å². The molecule has 1 aromatic carbocycles. The number of hydrogen-bond acceptors (Lipinski definition) is 5. The molecule has 0 atom stereocenters. The number of carbonyl (C=O) groups is 3. The van der Waals surface area contributed by atoms with Crippen LogP contribution in [0.15, 0.2) is 18.2 Å². The zero-order chi connectivity index (χ0) is 14.0. The summed E-state index contributed by atoms with van der Waals surface area (Å²) in [6.07, 6.45) is -0.994. The van der Waals surface area contributed by atoms with E-state index < -0.39 is 18.0 Å². The van der Waals surface area contributed by atoms with Crippen molar-refractivity contribution in [3.05, 3.63) is 29.3 Å². The normalized spacial score (nSPS) is 14.7. The molecule has 1 aromatic rings. The van der Waals surface area contributed by atoms with Gasteiger partial charge in [0.05, 0.1) is 0 Å². The molecule has 6 nitrogen and oxygen atoms in total. The quantitative estimate of drug-likeness (QED) is 0.463. The van der Waals surface area contributed by atoms with E-state index in [1.165, 1.54) is 0 Å². The van der Waals surface area contributed by atoms with Gasteiger partial charge >= 0.3 is 6.16 Å². The lowest BCUT2D eigenvalue weighted by Crippen LogP contribution is -2.33. The van der Waals surface area contributed by atoms with Crippen molar-refractivity contribution >= 4 is 18.0 Å². The van der Waals surface area contributed by atoms with E-state index in [0.29, 0.717) is 10.8 Å². The largest absolute Gasteiger partial charge is 0.539 e. The van der Waals surface area contributed by atoms with Gasteiger partial charge < -0.3 is 4.74 Å². The van der Waals surface area contributed by atoms with Crippen LogP contribution in [0.5, 0.6) is 5.75 Å². The summed E-state index contributed by atoms with van der Waals surface area (Å²) >= 11 is 0. The van der Waals surface area contributed by atoms with Crippen LogP contribution in [0, 0.1) is 13.8 Å². The number of para-hydroxylation sites is 1. The minimum atomic E-state index is -1.10. The molecule has 0 bridgehead atoms. The summed E-state index contributed by atoms with van der Waals surface area (Å²) < 4.78 is 5.03. The van der Waals surface area contributed by atoms with Crippen LogP contribution < -0.4 is 4.74 Å². The standard InChI is InChI=1S/C13H13NO5/c1-8-4-3-5-9(2)12(8)18-13(17)19-14-10(15)6-7-11(14)16/h3-5H,6-7H2,1-2H3. The van der Waals surface area contributed by atoms with Crippen molar-refractivity contribution in [2.24, 2.45) is 0 Å². The second kappa shape index (κ2) is 5.09. The van der Waals surface area contributed by atoms with Crippen molar-refractivity contribution in [3.8, 4) is 5.75 Å². The van der Waals surface area contributed by atoms with Gasteiger partial charge in [-0.15, -0.1) is 0 Å². The molecular weight excluding hydrogens is 250 g/mol. The third-order valence-electron chi connectivity index (χ3n) is 2.77. The number of aryl methyl sites for hydroxylation is 2. The van der Waals surface area contributed by atoms with Gasteiger partial charge in [0, 0.05) is 12.8 Å². The molecule has 1 heterocycles. The number of carbonyl (C=O) groups excluding carboxylic acids is 3. The summed E-state index contributed by atoms with van der Waals surface area (Å²) in [6, 6.07) is 5.39. The molecule has 0 radical (unpaired) electrons. The van der Waals surface area contributed by atoms with Gasteiger partial charge in [-0.3, -0.25) is 14.4 Å². The third kappa shape index (κ3) is 2.73. The minimum Gasteiger partial charge on any atom is -0.393 e. The van der Waals surface area contributed by atoms with Crippen LogP contribution >= 0.6 is 0 Å². The second-order valence-corrected chi connectivity index (χ2v) is 4.25. The van der Waals surface area contributed by atoms with Gasteiger partial charge in [-0.25, -0.2) is 4.79 Å². The maximum atomic E-state index is 11.6. The van der Waals surface area contributed by atoms with Gasteiger partial charge in [-0.2, -0.15) is 0 Å². The molecule has 19 heavy (non-hydrogen) atoms. The van der Waals surface area contributed by atoms with E-state index in [0.717, 1.165) is 11.1 Å². The van der Waals surface area contributed by atoms with Gasteiger partial charge in [0.15, 0.2) is 0 Å². The Bertz CT molecular complexity index is 516. The average molecular weight is 263 g/mol. The molecule has 1 aliphatic rings. The van der Waals surface area contributed by atoms with Gasteiger partial charge in [0.2, 0.25) is 0 Å². The summed E-state index contributed by atoms with van der Waals surface area (Å²) in [6.45, 7) is 3.56. The molecule has 2 rings (SSSR count). The number of rotatable bonds is 2. The van der Waals surface area contributed by atoms with Gasteiger partial charge in [-0.05, 0) is 25.0 Å². The fourth-order valence-corrected chi connectivity index (χ4v) is 1.79. The van der Waals surface area contributed by atoms with Crippen LogP contribution in [0.4, 0.5) is 4.79 Å². The maximum absolute atomic E-state index is 11.6. The van der Waals surface area contributed by atoms with Crippen molar-refractivity contribution < 1.29 is 24.0 Å². The average Bonchev–Trinajstić information content (AvgIpc) is 2.66. The molecule has 0 unspecified atom stereocenters. The number of hydrogen-bond donors (Lipinski definition) is 0. The van der Waals surface area contributed by atoms with Crippen molar-refractivity contribution in [2.45, 2.75) is 26.7 Å². The molecule has 1 fully saturated rings. The predicted molar refractivity (Wildman–Crippen MR) is 64.1 cm³/mol. The highest BCUT2D eigenvalue weighted by atomic mass is 16.8. The molecule has 0 saturated carbocycles. The fraction of sp³-hybridized carbons (Fsp3) is 0.308. The van der Waals surface area contributed by atoms with Crippen LogP contribution in [0.2, 0.25) is 0 Å². The summed E-state index contributed by atoms with van der Waals surface area (Å²) in [5.41, 5.74) is 1.52. The number of hydroxylamine groups is 2. The number of benzene rings is 1. The summed E-state index contributed by atoms with van der Waals surface area (Å²) in [4.78, 5) is 38.8. The Morgan fingerprint density at radius 2 is 1.63 bits per heavy atom. The minimum absolute atomic E-state index is 0.0511. The molecule has 0 aliphatic carbocycles. The molecule has 6 heteroatoms. The Morgan fingerprint density at radius 1 is 1.11 bits per heavy atom. The first-order valence-electron chi connectivity index (χ1n) is 5.81. The molecule has 100 valence electrons. The highest BCUT2D eigenvalue weighted by Gasteiger charge is 2.33. The SMILES string of the molecule is Cc1cccc(C)c1OC(=O)ON1C(=O)CCC1=O. The van der Waals surface area contributed by atoms with Crippen molar-refractivity contribution in [1.29, 1.82) is 0 Å². The third-order valence-corrected chi connectivity index (χ3v) is 2.77. The number of ether oxygens (including phenoxy) is 1. The smallest absolute Gasteiger partial charge is 0.393 e. The first kappa shape index (κ1) is 13.1. The number of nitrogens with zero attached hydrogens (tertiary/aromatic N) is 1. The Balaban J connectivity index is 2.06. The summed E-state index contributed by atoms with van der Waals surface area (Å²) in [7, 11) is 0. The Kier molecular flexibility index (Phi) is 3.50. The van der Waals surface area contributed by atoms with Crippen LogP contribution in [-0.2, 0) is 14.4 Å². The zero-order valence-corrected chi connectivity index (χ0v) is 10.6. The van der Waals surface area contributed by atoms with E-state index in [9.17, 15) is 14.4 Å². The second-order valence-electron chi connectivity index (χ2n) is 4.25. The summed E-state index contributed by atoms with van der Waals surface area (Å²) in [5, 5.41) is 0.454. The molecule has 1 saturated heterocycles. The van der Waals surface area contributed by atoms with E-state index >= 15 is 0 Å². The topological polar surface area (TPSA) is 72.9 Å². The fourth-order valence-electron chi connectivity index (χ4n) is 1.79. The van der Waals surface area contributed by atoms with E-state index in [-0.39, 0.29) is 12.8 Å². The van der Waals surface area contributed by atoms with Crippen LogP contribution in [0.25, 0.3) is 0 Å². The maximum Gasteiger partial charge on any atom is 0.539 e. The Hall–Kier alpha value is -2.37. The summed E-state index contributed by atoms with van der Waals surface area (Å²) in [5.74, 6) is -0.710.